The van der Waals surface area contributed by atoms with Crippen molar-refractivity contribution >= 4 is 40.8 Å². The molecule has 0 radical (unpaired) electrons. The second-order valence-corrected chi connectivity index (χ2v) is 6.64. The monoisotopic (exact) mass is 361 g/mol. The van der Waals surface area contributed by atoms with Crippen molar-refractivity contribution in [2.75, 3.05) is 11.5 Å². The molecule has 2 aromatic carbocycles. The number of fused-ring (bicyclic) bond motifs is 1. The van der Waals surface area contributed by atoms with Gasteiger partial charge in [-0.3, -0.25) is 9.36 Å². The van der Waals surface area contributed by atoms with Gasteiger partial charge in [0.05, 0.1) is 22.3 Å². The number of anilines is 1. The number of benzene rings is 2. The van der Waals surface area contributed by atoms with Crippen LogP contribution in [0.1, 0.15) is 18.3 Å². The number of rotatable bonds is 4. The molecule has 1 aromatic heterocycles. The van der Waals surface area contributed by atoms with Crippen LogP contribution < -0.4 is 11.3 Å². The van der Waals surface area contributed by atoms with Crippen molar-refractivity contribution in [2.24, 2.45) is 0 Å². The van der Waals surface area contributed by atoms with Gasteiger partial charge in [0.2, 0.25) is 0 Å². The zero-order chi connectivity index (χ0) is 16.4. The van der Waals surface area contributed by atoms with Crippen LogP contribution in [0.5, 0.6) is 0 Å². The van der Waals surface area contributed by atoms with Gasteiger partial charge in [-0.1, -0.05) is 25.1 Å². The van der Waals surface area contributed by atoms with Crippen molar-refractivity contribution in [1.29, 1.82) is 0 Å². The molecule has 1 heterocycles. The van der Waals surface area contributed by atoms with Crippen molar-refractivity contribution < 1.29 is 0 Å². The Labute approximate surface area is 151 Å². The van der Waals surface area contributed by atoms with Gasteiger partial charge >= 0.3 is 0 Å². The number of aryl methyl sites for hydroxylation is 1. The van der Waals surface area contributed by atoms with Crippen LogP contribution in [0.15, 0.2) is 47.3 Å². The first kappa shape index (κ1) is 18.4. The first-order chi connectivity index (χ1) is 11.1. The number of para-hydroxylation sites is 1. The van der Waals surface area contributed by atoms with Gasteiger partial charge in [-0.25, -0.2) is 4.98 Å². The minimum Gasteiger partial charge on any atom is -0.399 e. The van der Waals surface area contributed by atoms with Crippen molar-refractivity contribution in [2.45, 2.75) is 19.6 Å². The first-order valence-electron chi connectivity index (χ1n) is 7.56. The van der Waals surface area contributed by atoms with Crippen molar-refractivity contribution in [3.63, 3.8) is 0 Å². The number of nitrogens with two attached hydrogens (primary N) is 1. The summed E-state index contributed by atoms with van der Waals surface area (Å²) in [5, 5.41) is 0.554. The van der Waals surface area contributed by atoms with E-state index in [-0.39, 0.29) is 18.0 Å². The highest BCUT2D eigenvalue weighted by Gasteiger charge is 2.14. The fourth-order valence-corrected chi connectivity index (χ4v) is 3.18. The third-order valence-corrected chi connectivity index (χ3v) is 4.62. The molecule has 126 valence electrons. The lowest BCUT2D eigenvalue weighted by molar-refractivity contribution is 0.877. The Bertz CT molecular complexity index is 924. The van der Waals surface area contributed by atoms with Crippen LogP contribution in [0.3, 0.4) is 0 Å². The number of hydrogen-bond donors (Lipinski definition) is 1. The van der Waals surface area contributed by atoms with Gasteiger partial charge in [-0.15, -0.1) is 12.4 Å². The fraction of sp³-hybridized carbons (Fsp3) is 0.222. The van der Waals surface area contributed by atoms with Crippen LogP contribution in [0, 0.1) is 6.92 Å². The lowest BCUT2D eigenvalue weighted by Crippen LogP contribution is -2.24. The van der Waals surface area contributed by atoms with Gasteiger partial charge in [0.1, 0.15) is 5.82 Å². The summed E-state index contributed by atoms with van der Waals surface area (Å²) in [4.78, 5) is 17.8. The minimum absolute atomic E-state index is 0. The van der Waals surface area contributed by atoms with Crippen molar-refractivity contribution in [3.8, 4) is 5.69 Å². The molecule has 0 bridgehead atoms. The Hall–Kier alpha value is -1.98. The quantitative estimate of drug-likeness (QED) is 0.715. The SMILES string of the molecule is CCSCc1nc2ccc(N)cc2c(=O)n1-c1ccccc1C.Cl. The number of hydrogen-bond acceptors (Lipinski definition) is 4. The molecule has 0 spiro atoms. The minimum atomic E-state index is -0.0664. The maximum atomic E-state index is 13.1. The van der Waals surface area contributed by atoms with E-state index in [4.69, 9.17) is 10.7 Å². The summed E-state index contributed by atoms with van der Waals surface area (Å²) in [5.41, 5.74) is 8.97. The number of nitrogen functional groups attached to an aromatic ring is 1. The topological polar surface area (TPSA) is 60.9 Å². The zero-order valence-electron chi connectivity index (χ0n) is 13.7. The Kier molecular flexibility index (Phi) is 5.91. The van der Waals surface area contributed by atoms with Crippen LogP contribution in [-0.4, -0.2) is 15.3 Å². The van der Waals surface area contributed by atoms with Crippen molar-refractivity contribution in [3.05, 3.63) is 64.2 Å². The third kappa shape index (κ3) is 3.42. The average Bonchev–Trinajstić information content (AvgIpc) is 2.55. The Morgan fingerprint density at radius 1 is 1.21 bits per heavy atom. The molecule has 24 heavy (non-hydrogen) atoms. The maximum Gasteiger partial charge on any atom is 0.266 e. The summed E-state index contributed by atoms with van der Waals surface area (Å²) in [6.45, 7) is 4.10. The van der Waals surface area contributed by atoms with E-state index in [1.54, 1.807) is 28.5 Å². The number of halogens is 1. The number of nitrogens with zero attached hydrogens (tertiary/aromatic N) is 2. The highest BCUT2D eigenvalue weighted by molar-refractivity contribution is 7.98. The summed E-state index contributed by atoms with van der Waals surface area (Å²) in [7, 11) is 0. The van der Waals surface area contributed by atoms with Crippen molar-refractivity contribution in [1.82, 2.24) is 9.55 Å². The van der Waals surface area contributed by atoms with E-state index in [0.29, 0.717) is 22.3 Å². The summed E-state index contributed by atoms with van der Waals surface area (Å²) in [6, 6.07) is 13.2. The molecular weight excluding hydrogens is 342 g/mol. The molecule has 0 amide bonds. The summed E-state index contributed by atoms with van der Waals surface area (Å²) in [5.74, 6) is 2.44. The maximum absolute atomic E-state index is 13.1. The van der Waals surface area contributed by atoms with Gasteiger partial charge in [0.25, 0.3) is 5.56 Å². The van der Waals surface area contributed by atoms with E-state index in [9.17, 15) is 4.79 Å². The van der Waals surface area contributed by atoms with Crippen LogP contribution in [0.4, 0.5) is 5.69 Å². The van der Waals surface area contributed by atoms with Crippen LogP contribution in [0.25, 0.3) is 16.6 Å². The molecule has 0 atom stereocenters. The molecule has 4 nitrogen and oxygen atoms in total. The molecule has 0 unspecified atom stereocenters. The zero-order valence-corrected chi connectivity index (χ0v) is 15.3. The van der Waals surface area contributed by atoms with E-state index in [0.717, 1.165) is 22.8 Å². The summed E-state index contributed by atoms with van der Waals surface area (Å²) < 4.78 is 1.72. The van der Waals surface area contributed by atoms with Gasteiger partial charge in [-0.2, -0.15) is 11.8 Å². The second kappa shape index (κ2) is 7.73. The Balaban J connectivity index is 0.00000208. The molecule has 3 aromatic rings. The summed E-state index contributed by atoms with van der Waals surface area (Å²) in [6.07, 6.45) is 0. The number of aromatic nitrogens is 2. The van der Waals surface area contributed by atoms with E-state index in [1.807, 2.05) is 37.3 Å². The predicted molar refractivity (Wildman–Crippen MR) is 106 cm³/mol. The molecule has 3 rings (SSSR count). The smallest absolute Gasteiger partial charge is 0.266 e. The highest BCUT2D eigenvalue weighted by Crippen LogP contribution is 2.20. The summed E-state index contributed by atoms with van der Waals surface area (Å²) >= 11 is 1.75. The largest absolute Gasteiger partial charge is 0.399 e. The predicted octanol–water partition coefficient (Wildman–Crippen LogP) is 3.95. The normalized spacial score (nSPS) is 10.6. The second-order valence-electron chi connectivity index (χ2n) is 5.37. The standard InChI is InChI=1S/C18H19N3OS.ClH/c1-3-23-11-17-20-15-9-8-13(19)10-14(15)18(22)21(17)16-7-5-4-6-12(16)2;/h4-10H,3,11,19H2,1-2H3;1H. The van der Waals surface area contributed by atoms with Gasteiger partial charge in [0.15, 0.2) is 0 Å². The lowest BCUT2D eigenvalue weighted by Gasteiger charge is -2.15. The Morgan fingerprint density at radius 2 is 1.96 bits per heavy atom. The average molecular weight is 362 g/mol. The molecule has 0 aliphatic heterocycles. The van der Waals surface area contributed by atoms with E-state index in [2.05, 4.69) is 6.92 Å². The molecule has 0 saturated carbocycles. The molecule has 2 N–H and O–H groups in total. The van der Waals surface area contributed by atoms with E-state index >= 15 is 0 Å². The van der Waals surface area contributed by atoms with Gasteiger partial charge < -0.3 is 5.73 Å². The van der Waals surface area contributed by atoms with E-state index < -0.39 is 0 Å². The van der Waals surface area contributed by atoms with Gasteiger partial charge in [0, 0.05) is 5.69 Å². The van der Waals surface area contributed by atoms with Gasteiger partial charge in [-0.05, 0) is 42.5 Å². The van der Waals surface area contributed by atoms with Crippen LogP contribution in [-0.2, 0) is 5.75 Å². The molecule has 0 aliphatic carbocycles. The molecule has 6 heteroatoms. The van der Waals surface area contributed by atoms with Crippen LogP contribution >= 0.6 is 24.2 Å². The van der Waals surface area contributed by atoms with Crippen LogP contribution in [0.2, 0.25) is 0 Å². The fourth-order valence-electron chi connectivity index (χ4n) is 2.60. The lowest BCUT2D eigenvalue weighted by atomic mass is 10.1. The Morgan fingerprint density at radius 3 is 2.67 bits per heavy atom. The van der Waals surface area contributed by atoms with E-state index in [1.165, 1.54) is 0 Å². The number of thioether (sulfide) groups is 1. The molecule has 0 fully saturated rings. The highest BCUT2D eigenvalue weighted by atomic mass is 35.5. The first-order valence-corrected chi connectivity index (χ1v) is 8.72. The molecular formula is C18H20ClN3OS. The third-order valence-electron chi connectivity index (χ3n) is 3.75. The molecule has 0 aliphatic rings. The molecule has 0 saturated heterocycles.